The van der Waals surface area contributed by atoms with E-state index in [1.54, 1.807) is 36.4 Å². The first kappa shape index (κ1) is 18.6. The molecule has 0 aliphatic rings. The van der Waals surface area contributed by atoms with Gasteiger partial charge in [0.15, 0.2) is 5.58 Å². The molecule has 3 aromatic carbocycles. The first-order chi connectivity index (χ1) is 14.1. The van der Waals surface area contributed by atoms with E-state index in [-0.39, 0.29) is 11.7 Å². The van der Waals surface area contributed by atoms with Crippen molar-refractivity contribution in [3.8, 4) is 23.0 Å². The molecule has 4 aromatic rings. The monoisotopic (exact) mass is 388 g/mol. The number of hydrogen-bond donors (Lipinski definition) is 2. The summed E-state index contributed by atoms with van der Waals surface area (Å²) < 4.78 is 11.2. The van der Waals surface area contributed by atoms with Gasteiger partial charge in [-0.1, -0.05) is 19.1 Å². The Bertz CT molecular complexity index is 1120. The molecule has 0 saturated heterocycles. The Hall–Kier alpha value is -3.80. The Morgan fingerprint density at radius 1 is 1.10 bits per heavy atom. The van der Waals surface area contributed by atoms with Crippen molar-refractivity contribution in [2.75, 3.05) is 11.9 Å². The van der Waals surface area contributed by atoms with Crippen LogP contribution in [0.1, 0.15) is 23.7 Å². The number of carbonyl (C=O) groups excluding carboxylic acids is 1. The van der Waals surface area contributed by atoms with Gasteiger partial charge in [0.2, 0.25) is 5.89 Å². The predicted octanol–water partition coefficient (Wildman–Crippen LogP) is 5.24. The summed E-state index contributed by atoms with van der Waals surface area (Å²) in [6.07, 6.45) is 0.922. The second kappa shape index (κ2) is 8.06. The molecule has 0 fully saturated rings. The zero-order valence-corrected chi connectivity index (χ0v) is 15.9. The standard InChI is InChI=1S/C23H20N2O4/c1-2-13-28-17-10-7-15(8-11-17)22(27)24-16-9-12-18(20(26)14-16)23-25-19-5-3-4-6-21(19)29-23/h3-12,14,26H,2,13H2,1H3,(H,24,27). The van der Waals surface area contributed by atoms with Crippen LogP contribution in [0, 0.1) is 0 Å². The SMILES string of the molecule is CCCOc1ccc(C(=O)Nc2ccc(-c3nc4ccccc4o3)c(O)c2)cc1. The number of carbonyl (C=O) groups is 1. The van der Waals surface area contributed by atoms with Crippen molar-refractivity contribution in [1.82, 2.24) is 4.98 Å². The second-order valence-electron chi connectivity index (χ2n) is 6.55. The molecule has 1 aromatic heterocycles. The minimum absolute atomic E-state index is 0.0299. The Morgan fingerprint density at radius 3 is 2.62 bits per heavy atom. The molecular formula is C23H20N2O4. The van der Waals surface area contributed by atoms with Crippen LogP contribution in [0.5, 0.6) is 11.5 Å². The fourth-order valence-electron chi connectivity index (χ4n) is 2.90. The highest BCUT2D eigenvalue weighted by atomic mass is 16.5. The van der Waals surface area contributed by atoms with E-state index in [0.717, 1.165) is 12.2 Å². The lowest BCUT2D eigenvalue weighted by Crippen LogP contribution is -2.11. The Kier molecular flexibility index (Phi) is 5.16. The van der Waals surface area contributed by atoms with Gasteiger partial charge in [0.05, 0.1) is 12.2 Å². The average molecular weight is 388 g/mol. The van der Waals surface area contributed by atoms with Crippen LogP contribution in [0.3, 0.4) is 0 Å². The lowest BCUT2D eigenvalue weighted by atomic mass is 10.1. The maximum absolute atomic E-state index is 12.5. The number of oxazole rings is 1. The zero-order valence-electron chi connectivity index (χ0n) is 15.9. The summed E-state index contributed by atoms with van der Waals surface area (Å²) in [4.78, 5) is 16.8. The molecule has 0 aliphatic heterocycles. The highest BCUT2D eigenvalue weighted by molar-refractivity contribution is 6.04. The lowest BCUT2D eigenvalue weighted by molar-refractivity contribution is 0.102. The number of phenols is 1. The molecule has 0 saturated carbocycles. The van der Waals surface area contributed by atoms with Gasteiger partial charge in [-0.2, -0.15) is 0 Å². The smallest absolute Gasteiger partial charge is 0.255 e. The Labute approximate surface area is 167 Å². The van der Waals surface area contributed by atoms with Crippen molar-refractivity contribution < 1.29 is 19.1 Å². The van der Waals surface area contributed by atoms with E-state index < -0.39 is 0 Å². The maximum Gasteiger partial charge on any atom is 0.255 e. The summed E-state index contributed by atoms with van der Waals surface area (Å²) in [5.41, 5.74) is 2.78. The Balaban J connectivity index is 1.49. The number of anilines is 1. The number of nitrogens with one attached hydrogen (secondary N) is 1. The number of aromatic hydroxyl groups is 1. The van der Waals surface area contributed by atoms with E-state index >= 15 is 0 Å². The van der Waals surface area contributed by atoms with Gasteiger partial charge in [0.1, 0.15) is 17.0 Å². The van der Waals surface area contributed by atoms with E-state index in [0.29, 0.717) is 40.4 Å². The van der Waals surface area contributed by atoms with E-state index in [2.05, 4.69) is 10.3 Å². The fraction of sp³-hybridized carbons (Fsp3) is 0.130. The van der Waals surface area contributed by atoms with Crippen LogP contribution < -0.4 is 10.1 Å². The van der Waals surface area contributed by atoms with Gasteiger partial charge in [0.25, 0.3) is 5.91 Å². The van der Waals surface area contributed by atoms with Crippen molar-refractivity contribution in [3.05, 3.63) is 72.3 Å². The zero-order chi connectivity index (χ0) is 20.2. The molecule has 1 amide bonds. The largest absolute Gasteiger partial charge is 0.507 e. The molecule has 0 spiro atoms. The van der Waals surface area contributed by atoms with Crippen LogP contribution in [-0.2, 0) is 0 Å². The highest BCUT2D eigenvalue weighted by Gasteiger charge is 2.14. The summed E-state index contributed by atoms with van der Waals surface area (Å²) in [6.45, 7) is 2.67. The van der Waals surface area contributed by atoms with Crippen molar-refractivity contribution in [1.29, 1.82) is 0 Å². The number of nitrogens with zero attached hydrogens (tertiary/aromatic N) is 1. The highest BCUT2D eigenvalue weighted by Crippen LogP contribution is 2.33. The molecule has 0 bridgehead atoms. The number of ether oxygens (including phenoxy) is 1. The summed E-state index contributed by atoms with van der Waals surface area (Å²) in [7, 11) is 0. The van der Waals surface area contributed by atoms with Gasteiger partial charge in [-0.05, 0) is 55.0 Å². The molecule has 146 valence electrons. The molecule has 4 rings (SSSR count). The Morgan fingerprint density at radius 2 is 1.90 bits per heavy atom. The van der Waals surface area contributed by atoms with Gasteiger partial charge >= 0.3 is 0 Å². The van der Waals surface area contributed by atoms with Crippen molar-refractivity contribution in [2.45, 2.75) is 13.3 Å². The quantitative estimate of drug-likeness (QED) is 0.472. The first-order valence-electron chi connectivity index (χ1n) is 9.37. The van der Waals surface area contributed by atoms with Crippen LogP contribution in [0.4, 0.5) is 5.69 Å². The molecule has 0 aliphatic carbocycles. The van der Waals surface area contributed by atoms with Gasteiger partial charge in [0, 0.05) is 17.3 Å². The number of phenolic OH excluding ortho intramolecular Hbond substituents is 1. The molecular weight excluding hydrogens is 368 g/mol. The van der Waals surface area contributed by atoms with Crippen LogP contribution in [0.2, 0.25) is 0 Å². The molecule has 2 N–H and O–H groups in total. The van der Waals surface area contributed by atoms with E-state index in [1.807, 2.05) is 31.2 Å². The van der Waals surface area contributed by atoms with Crippen LogP contribution >= 0.6 is 0 Å². The third kappa shape index (κ3) is 4.06. The number of hydrogen-bond acceptors (Lipinski definition) is 5. The van der Waals surface area contributed by atoms with Crippen molar-refractivity contribution in [3.63, 3.8) is 0 Å². The molecule has 1 heterocycles. The van der Waals surface area contributed by atoms with Gasteiger partial charge in [-0.15, -0.1) is 0 Å². The molecule has 0 radical (unpaired) electrons. The predicted molar refractivity (Wildman–Crippen MR) is 111 cm³/mol. The number of para-hydroxylation sites is 2. The topological polar surface area (TPSA) is 84.6 Å². The van der Waals surface area contributed by atoms with Crippen molar-refractivity contribution in [2.24, 2.45) is 0 Å². The van der Waals surface area contributed by atoms with E-state index in [1.165, 1.54) is 6.07 Å². The molecule has 6 heteroatoms. The molecule has 29 heavy (non-hydrogen) atoms. The minimum Gasteiger partial charge on any atom is -0.507 e. The lowest BCUT2D eigenvalue weighted by Gasteiger charge is -2.09. The van der Waals surface area contributed by atoms with Gasteiger partial charge in [-0.3, -0.25) is 4.79 Å². The summed E-state index contributed by atoms with van der Waals surface area (Å²) >= 11 is 0. The number of benzene rings is 3. The third-order valence-electron chi connectivity index (χ3n) is 4.37. The van der Waals surface area contributed by atoms with Crippen LogP contribution in [0.25, 0.3) is 22.6 Å². The summed E-state index contributed by atoms with van der Waals surface area (Å²) in [5.74, 6) is 0.742. The minimum atomic E-state index is -0.277. The maximum atomic E-state index is 12.5. The average Bonchev–Trinajstić information content (AvgIpc) is 3.16. The molecule has 0 unspecified atom stereocenters. The van der Waals surface area contributed by atoms with Crippen LogP contribution in [0.15, 0.2) is 71.1 Å². The van der Waals surface area contributed by atoms with Gasteiger partial charge in [-0.25, -0.2) is 4.98 Å². The number of amides is 1. The van der Waals surface area contributed by atoms with Gasteiger partial charge < -0.3 is 19.6 Å². The number of fused-ring (bicyclic) bond motifs is 1. The summed E-state index contributed by atoms with van der Waals surface area (Å²) in [5, 5.41) is 13.2. The van der Waals surface area contributed by atoms with E-state index in [9.17, 15) is 9.90 Å². The van der Waals surface area contributed by atoms with Crippen LogP contribution in [-0.4, -0.2) is 22.6 Å². The fourth-order valence-corrected chi connectivity index (χ4v) is 2.90. The normalized spacial score (nSPS) is 10.8. The van der Waals surface area contributed by atoms with Crippen molar-refractivity contribution >= 4 is 22.7 Å². The number of rotatable bonds is 6. The number of aromatic nitrogens is 1. The first-order valence-corrected chi connectivity index (χ1v) is 9.37. The second-order valence-corrected chi connectivity index (χ2v) is 6.55. The molecule has 6 nitrogen and oxygen atoms in total. The summed E-state index contributed by atoms with van der Waals surface area (Å²) in [6, 6.07) is 19.1. The third-order valence-corrected chi connectivity index (χ3v) is 4.37. The van der Waals surface area contributed by atoms with E-state index in [4.69, 9.17) is 9.15 Å². The molecule has 0 atom stereocenters.